The van der Waals surface area contributed by atoms with Gasteiger partial charge in [0.15, 0.2) is 0 Å². The Bertz CT molecular complexity index is 576. The number of sulfonamides is 1. The number of nitrogen functional groups attached to an aromatic ring is 1. The third kappa shape index (κ3) is 5.78. The lowest BCUT2D eigenvalue weighted by molar-refractivity contribution is -0.172. The Kier molecular flexibility index (Phi) is 5.81. The lowest BCUT2D eigenvalue weighted by atomic mass is 10.2. The molecule has 0 atom stereocenters. The third-order valence-electron chi connectivity index (χ3n) is 2.43. The van der Waals surface area contributed by atoms with E-state index in [-0.39, 0.29) is 23.7 Å². The molecule has 0 aliphatic carbocycles. The highest BCUT2D eigenvalue weighted by molar-refractivity contribution is 7.89. The molecular weight excluding hydrogens is 311 g/mol. The van der Waals surface area contributed by atoms with Gasteiger partial charge in [-0.1, -0.05) is 0 Å². The molecule has 0 radical (unpaired) electrons. The molecule has 4 N–H and O–H groups in total. The zero-order valence-corrected chi connectivity index (χ0v) is 12.0. The summed E-state index contributed by atoms with van der Waals surface area (Å²) in [4.78, 5) is -0.00194. The normalized spacial score (nSPS) is 12.4. The van der Waals surface area contributed by atoms with E-state index in [1.54, 1.807) is 0 Å². The van der Waals surface area contributed by atoms with E-state index < -0.39 is 22.8 Å². The molecule has 0 fully saturated rings. The van der Waals surface area contributed by atoms with Crippen LogP contribution in [0.3, 0.4) is 0 Å². The second-order valence-electron chi connectivity index (χ2n) is 4.05. The van der Waals surface area contributed by atoms with Crippen molar-refractivity contribution in [2.24, 2.45) is 0 Å². The second-order valence-corrected chi connectivity index (χ2v) is 5.94. The Morgan fingerprint density at radius 3 is 2.57 bits per heavy atom. The number of nitrogens with one attached hydrogen (secondary N) is 2. The van der Waals surface area contributed by atoms with Crippen LogP contribution in [0, 0.1) is 0 Å². The summed E-state index contributed by atoms with van der Waals surface area (Å²) in [7, 11) is -2.35. The van der Waals surface area contributed by atoms with Gasteiger partial charge in [0, 0.05) is 6.54 Å². The van der Waals surface area contributed by atoms with Crippen molar-refractivity contribution < 1.29 is 26.3 Å². The van der Waals surface area contributed by atoms with Crippen LogP contribution in [0.5, 0.6) is 0 Å². The van der Waals surface area contributed by atoms with Crippen LogP contribution in [-0.2, 0) is 14.8 Å². The van der Waals surface area contributed by atoms with Gasteiger partial charge in [0.2, 0.25) is 10.0 Å². The van der Waals surface area contributed by atoms with Crippen LogP contribution in [0.2, 0.25) is 0 Å². The summed E-state index contributed by atoms with van der Waals surface area (Å²) < 4.78 is 65.4. The lowest BCUT2D eigenvalue weighted by Gasteiger charge is -2.12. The van der Waals surface area contributed by atoms with Crippen molar-refractivity contribution in [2.75, 3.05) is 37.9 Å². The number of nitrogens with two attached hydrogens (primary N) is 1. The molecule has 1 aromatic rings. The van der Waals surface area contributed by atoms with Gasteiger partial charge in [-0.15, -0.1) is 0 Å². The molecule has 6 nitrogen and oxygen atoms in total. The fourth-order valence-electron chi connectivity index (χ4n) is 1.42. The summed E-state index contributed by atoms with van der Waals surface area (Å²) in [5.74, 6) is 0. The van der Waals surface area contributed by atoms with E-state index in [0.29, 0.717) is 5.69 Å². The van der Waals surface area contributed by atoms with Crippen molar-refractivity contribution in [3.05, 3.63) is 18.2 Å². The standard InChI is InChI=1S/C11H16F3N3O3S/c1-16-21(18,19)8-2-3-9(15)10(6-8)17-4-5-20-7-11(12,13)14/h2-3,6,16-17H,4-5,7,15H2,1H3. The van der Waals surface area contributed by atoms with E-state index in [2.05, 4.69) is 14.8 Å². The number of hydrogen-bond acceptors (Lipinski definition) is 5. The van der Waals surface area contributed by atoms with E-state index in [0.717, 1.165) is 0 Å². The van der Waals surface area contributed by atoms with Crippen molar-refractivity contribution in [3.8, 4) is 0 Å². The largest absolute Gasteiger partial charge is 0.411 e. The van der Waals surface area contributed by atoms with E-state index in [1.165, 1.54) is 25.2 Å². The van der Waals surface area contributed by atoms with Crippen LogP contribution < -0.4 is 15.8 Å². The van der Waals surface area contributed by atoms with Gasteiger partial charge in [0.05, 0.1) is 22.9 Å². The molecule has 10 heteroatoms. The number of benzene rings is 1. The molecule has 0 spiro atoms. The number of ether oxygens (including phenoxy) is 1. The molecule has 1 aromatic carbocycles. The molecule has 0 bridgehead atoms. The summed E-state index contributed by atoms with van der Waals surface area (Å²) in [6, 6.07) is 4.01. The van der Waals surface area contributed by atoms with Crippen molar-refractivity contribution in [1.29, 1.82) is 0 Å². The summed E-state index contributed by atoms with van der Waals surface area (Å²) in [5.41, 5.74) is 6.25. The maximum Gasteiger partial charge on any atom is 0.411 e. The fraction of sp³-hybridized carbons (Fsp3) is 0.455. The molecule has 0 aliphatic rings. The summed E-state index contributed by atoms with van der Waals surface area (Å²) in [6.07, 6.45) is -4.38. The topological polar surface area (TPSA) is 93.5 Å². The van der Waals surface area contributed by atoms with Gasteiger partial charge in [-0.25, -0.2) is 13.1 Å². The molecule has 0 amide bonds. The highest BCUT2D eigenvalue weighted by Crippen LogP contribution is 2.22. The smallest absolute Gasteiger partial charge is 0.397 e. The second kappa shape index (κ2) is 6.96. The minimum Gasteiger partial charge on any atom is -0.397 e. The summed E-state index contributed by atoms with van der Waals surface area (Å²) >= 11 is 0. The summed E-state index contributed by atoms with van der Waals surface area (Å²) in [6.45, 7) is -1.47. The zero-order valence-electron chi connectivity index (χ0n) is 11.2. The monoisotopic (exact) mass is 327 g/mol. The number of rotatable bonds is 7. The number of alkyl halides is 3. The van der Waals surface area contributed by atoms with Crippen LogP contribution in [-0.4, -0.2) is 41.4 Å². The van der Waals surface area contributed by atoms with Crippen LogP contribution in [0.15, 0.2) is 23.1 Å². The zero-order chi connectivity index (χ0) is 16.1. The molecule has 1 rings (SSSR count). The molecule has 0 heterocycles. The molecule has 0 unspecified atom stereocenters. The van der Waals surface area contributed by atoms with Gasteiger partial charge in [-0.2, -0.15) is 13.2 Å². The summed E-state index contributed by atoms with van der Waals surface area (Å²) in [5, 5.41) is 2.73. The van der Waals surface area contributed by atoms with Crippen molar-refractivity contribution in [2.45, 2.75) is 11.1 Å². The van der Waals surface area contributed by atoms with E-state index in [4.69, 9.17) is 5.73 Å². The highest BCUT2D eigenvalue weighted by Gasteiger charge is 2.27. The minimum absolute atomic E-state index is 0.00194. The number of halogens is 3. The maximum atomic E-state index is 11.9. The first kappa shape index (κ1) is 17.5. The molecule has 0 aromatic heterocycles. The van der Waals surface area contributed by atoms with Crippen molar-refractivity contribution in [1.82, 2.24) is 4.72 Å². The van der Waals surface area contributed by atoms with Gasteiger partial charge in [0.25, 0.3) is 0 Å². The Labute approximate surface area is 120 Å². The number of hydrogen-bond donors (Lipinski definition) is 3. The Morgan fingerprint density at radius 1 is 1.33 bits per heavy atom. The SMILES string of the molecule is CNS(=O)(=O)c1ccc(N)c(NCCOCC(F)(F)F)c1. The van der Waals surface area contributed by atoms with Crippen molar-refractivity contribution >= 4 is 21.4 Å². The molecular formula is C11H16F3N3O3S. The van der Waals surface area contributed by atoms with Crippen molar-refractivity contribution in [3.63, 3.8) is 0 Å². The molecule has 0 saturated heterocycles. The van der Waals surface area contributed by atoms with Crippen LogP contribution >= 0.6 is 0 Å². The maximum absolute atomic E-state index is 11.9. The van der Waals surface area contributed by atoms with Gasteiger partial charge >= 0.3 is 6.18 Å². The average molecular weight is 327 g/mol. The molecule has 120 valence electrons. The minimum atomic E-state index is -4.38. The lowest BCUT2D eigenvalue weighted by Crippen LogP contribution is -2.21. The first-order chi connectivity index (χ1) is 9.65. The van der Waals surface area contributed by atoms with E-state index in [1.807, 2.05) is 0 Å². The Balaban J connectivity index is 2.61. The average Bonchev–Trinajstić information content (AvgIpc) is 2.38. The number of anilines is 2. The van der Waals surface area contributed by atoms with Gasteiger partial charge < -0.3 is 15.8 Å². The molecule has 21 heavy (non-hydrogen) atoms. The van der Waals surface area contributed by atoms with Gasteiger partial charge in [0.1, 0.15) is 6.61 Å². The Morgan fingerprint density at radius 2 is 2.00 bits per heavy atom. The predicted octanol–water partition coefficient (Wildman–Crippen LogP) is 1.17. The quantitative estimate of drug-likeness (QED) is 0.516. The van der Waals surface area contributed by atoms with E-state index >= 15 is 0 Å². The highest BCUT2D eigenvalue weighted by atomic mass is 32.2. The molecule has 0 saturated carbocycles. The van der Waals surface area contributed by atoms with Gasteiger partial charge in [-0.05, 0) is 25.2 Å². The first-order valence-electron chi connectivity index (χ1n) is 5.87. The predicted molar refractivity (Wildman–Crippen MR) is 72.5 cm³/mol. The van der Waals surface area contributed by atoms with Crippen LogP contribution in [0.25, 0.3) is 0 Å². The Hall–Kier alpha value is -1.52. The van der Waals surface area contributed by atoms with Crippen LogP contribution in [0.4, 0.5) is 24.5 Å². The first-order valence-corrected chi connectivity index (χ1v) is 7.35. The van der Waals surface area contributed by atoms with Gasteiger partial charge in [-0.3, -0.25) is 0 Å². The fourth-order valence-corrected chi connectivity index (χ4v) is 2.18. The molecule has 0 aliphatic heterocycles. The third-order valence-corrected chi connectivity index (χ3v) is 3.84. The van der Waals surface area contributed by atoms with Crippen LogP contribution in [0.1, 0.15) is 0 Å². The van der Waals surface area contributed by atoms with E-state index in [9.17, 15) is 21.6 Å².